The molecule has 2 atom stereocenters. The number of amidine groups is 1. The van der Waals surface area contributed by atoms with E-state index in [4.69, 9.17) is 16.6 Å². The molecule has 206 valence electrons. The van der Waals surface area contributed by atoms with Crippen LogP contribution < -0.4 is 0 Å². The first-order valence-electron chi connectivity index (χ1n) is 12.8. The summed E-state index contributed by atoms with van der Waals surface area (Å²) in [5.41, 5.74) is 2.15. The topological polar surface area (TPSA) is 66.5 Å². The Morgan fingerprint density at radius 2 is 1.98 bits per heavy atom. The van der Waals surface area contributed by atoms with Crippen LogP contribution in [0.2, 0.25) is 5.02 Å². The van der Waals surface area contributed by atoms with Gasteiger partial charge >= 0.3 is 6.55 Å². The molecular formula is C29H25ClF3N5OS. The number of halogens is 4. The van der Waals surface area contributed by atoms with Gasteiger partial charge in [0.25, 0.3) is 0 Å². The third-order valence-electron chi connectivity index (χ3n) is 7.28. The van der Waals surface area contributed by atoms with Crippen molar-refractivity contribution in [2.24, 2.45) is 4.99 Å². The van der Waals surface area contributed by atoms with Crippen molar-refractivity contribution in [3.8, 4) is 0 Å². The lowest BCUT2D eigenvalue weighted by molar-refractivity contribution is 0.0449. The molecule has 0 aliphatic carbocycles. The standard InChI is InChI=1S/C29H25ClF3N5OS/c30-21-15-19(31)8-9-20(21)25-24(22-10-13-38(36-22)28(32)33)23-16-29(39,11-4-7-18-5-2-1-3-6-18)17-37(23)26(35-25)27-34-12-14-40-27/h1-3,5-6,8-10,12-15,25,28,39H,4,7,11,16-17H2/t25-,29+/m0/s1. The molecule has 0 unspecified atom stereocenters. The Morgan fingerprint density at radius 1 is 1.15 bits per heavy atom. The van der Waals surface area contributed by atoms with Crippen molar-refractivity contribution in [1.82, 2.24) is 19.7 Å². The zero-order valence-electron chi connectivity index (χ0n) is 21.2. The van der Waals surface area contributed by atoms with Gasteiger partial charge in [-0.25, -0.2) is 14.1 Å². The highest BCUT2D eigenvalue weighted by Gasteiger charge is 2.46. The molecular weight excluding hydrogens is 559 g/mol. The normalized spacial score (nSPS) is 20.8. The smallest absolute Gasteiger partial charge is 0.333 e. The van der Waals surface area contributed by atoms with Gasteiger partial charge in [0, 0.05) is 46.1 Å². The molecule has 0 radical (unpaired) electrons. The molecule has 4 aromatic rings. The Bertz CT molecular complexity index is 1570. The first-order chi connectivity index (χ1) is 19.3. The number of alkyl halides is 2. The Labute approximate surface area is 238 Å². The summed E-state index contributed by atoms with van der Waals surface area (Å²) in [5.74, 6) is 0.0477. The Kier molecular flexibility index (Phi) is 7.24. The van der Waals surface area contributed by atoms with Gasteiger partial charge in [0.1, 0.15) is 11.9 Å². The van der Waals surface area contributed by atoms with Crippen LogP contribution in [0.5, 0.6) is 0 Å². The van der Waals surface area contributed by atoms with Crippen LogP contribution in [0, 0.1) is 5.82 Å². The molecule has 0 amide bonds. The third kappa shape index (κ3) is 5.18. The van der Waals surface area contributed by atoms with Gasteiger partial charge in [0.15, 0.2) is 10.8 Å². The van der Waals surface area contributed by atoms with Crippen LogP contribution in [-0.4, -0.2) is 42.8 Å². The summed E-state index contributed by atoms with van der Waals surface area (Å²) in [6.07, 6.45) is 5.24. The molecule has 0 spiro atoms. The second-order valence-electron chi connectivity index (χ2n) is 10.0. The molecule has 1 fully saturated rings. The van der Waals surface area contributed by atoms with Crippen molar-refractivity contribution in [2.45, 2.75) is 43.9 Å². The summed E-state index contributed by atoms with van der Waals surface area (Å²) in [4.78, 5) is 11.4. The second kappa shape index (κ2) is 10.8. The summed E-state index contributed by atoms with van der Waals surface area (Å²) in [7, 11) is 0. The fourth-order valence-electron chi connectivity index (χ4n) is 5.48. The average Bonchev–Trinajstić information content (AvgIpc) is 3.69. The molecule has 1 saturated heterocycles. The maximum atomic E-state index is 14.0. The monoisotopic (exact) mass is 583 g/mol. The molecule has 4 heterocycles. The summed E-state index contributed by atoms with van der Waals surface area (Å²) in [6, 6.07) is 14.9. The minimum Gasteiger partial charge on any atom is -0.388 e. The van der Waals surface area contributed by atoms with Gasteiger partial charge in [0.05, 0.1) is 17.8 Å². The maximum Gasteiger partial charge on any atom is 0.333 e. The summed E-state index contributed by atoms with van der Waals surface area (Å²) >= 11 is 7.92. The van der Waals surface area contributed by atoms with Crippen molar-refractivity contribution >= 4 is 34.3 Å². The van der Waals surface area contributed by atoms with Crippen LogP contribution in [-0.2, 0) is 6.42 Å². The molecule has 2 aromatic carbocycles. The number of aliphatic imine (C=N–C) groups is 1. The Balaban J connectivity index is 1.44. The highest BCUT2D eigenvalue weighted by Crippen LogP contribution is 2.48. The number of hydrogen-bond donors (Lipinski definition) is 1. The number of aliphatic hydroxyl groups is 1. The Morgan fingerprint density at radius 3 is 2.67 bits per heavy atom. The van der Waals surface area contributed by atoms with Gasteiger partial charge < -0.3 is 10.0 Å². The highest BCUT2D eigenvalue weighted by atomic mass is 35.5. The van der Waals surface area contributed by atoms with E-state index in [1.54, 1.807) is 12.3 Å². The van der Waals surface area contributed by atoms with Crippen LogP contribution in [0.4, 0.5) is 13.2 Å². The van der Waals surface area contributed by atoms with Crippen LogP contribution in [0.15, 0.2) is 83.1 Å². The van der Waals surface area contributed by atoms with Gasteiger partial charge in [-0.2, -0.15) is 13.9 Å². The minimum atomic E-state index is -2.82. The fraction of sp³-hybridized carbons (Fsp3) is 0.276. The van der Waals surface area contributed by atoms with Crippen molar-refractivity contribution in [3.63, 3.8) is 0 Å². The zero-order chi connectivity index (χ0) is 27.9. The molecule has 2 aromatic heterocycles. The summed E-state index contributed by atoms with van der Waals surface area (Å²) < 4.78 is 41.6. The first-order valence-corrected chi connectivity index (χ1v) is 14.1. The van der Waals surface area contributed by atoms with E-state index in [1.807, 2.05) is 28.5 Å². The lowest BCUT2D eigenvalue weighted by Gasteiger charge is -2.32. The van der Waals surface area contributed by atoms with Crippen LogP contribution in [0.1, 0.15) is 53.7 Å². The zero-order valence-corrected chi connectivity index (χ0v) is 22.8. The maximum absolute atomic E-state index is 14.0. The van der Waals surface area contributed by atoms with E-state index >= 15 is 0 Å². The van der Waals surface area contributed by atoms with E-state index in [-0.39, 0.29) is 18.0 Å². The minimum absolute atomic E-state index is 0.156. The molecule has 1 N–H and O–H groups in total. The Hall–Kier alpha value is -3.47. The van der Waals surface area contributed by atoms with E-state index in [0.717, 1.165) is 12.8 Å². The summed E-state index contributed by atoms with van der Waals surface area (Å²) in [6.45, 7) is -2.56. The third-order valence-corrected chi connectivity index (χ3v) is 8.38. The van der Waals surface area contributed by atoms with Crippen molar-refractivity contribution in [2.75, 3.05) is 6.54 Å². The predicted molar refractivity (Wildman–Crippen MR) is 149 cm³/mol. The van der Waals surface area contributed by atoms with Gasteiger partial charge in [-0.05, 0) is 43.0 Å². The molecule has 2 aliphatic heterocycles. The molecule has 40 heavy (non-hydrogen) atoms. The molecule has 6 nitrogen and oxygen atoms in total. The first kappa shape index (κ1) is 26.7. The van der Waals surface area contributed by atoms with Gasteiger partial charge in [-0.15, -0.1) is 11.3 Å². The number of nitrogens with zero attached hydrogens (tertiary/aromatic N) is 5. The van der Waals surface area contributed by atoms with E-state index in [9.17, 15) is 18.3 Å². The molecule has 2 aliphatic rings. The molecule has 11 heteroatoms. The van der Waals surface area contributed by atoms with Gasteiger partial charge in [-0.1, -0.05) is 48.0 Å². The number of aromatic nitrogens is 3. The van der Waals surface area contributed by atoms with E-state index in [0.29, 0.717) is 44.5 Å². The average molecular weight is 584 g/mol. The lowest BCUT2D eigenvalue weighted by atomic mass is 9.89. The highest BCUT2D eigenvalue weighted by molar-refractivity contribution is 7.11. The number of rotatable bonds is 8. The number of aryl methyl sites for hydroxylation is 1. The van der Waals surface area contributed by atoms with Gasteiger partial charge in [0.2, 0.25) is 0 Å². The van der Waals surface area contributed by atoms with E-state index in [1.165, 1.54) is 41.3 Å². The summed E-state index contributed by atoms with van der Waals surface area (Å²) in [5, 5.41) is 18.6. The number of thiazole rings is 1. The number of hydrogen-bond acceptors (Lipinski definition) is 6. The SMILES string of the molecule is O[C@]1(CCCc2ccccc2)CC2=C(c3ccn(C(F)F)n3)[C@H](c3ccc(F)cc3Cl)N=C(c3nccs3)N2C1. The molecule has 0 bridgehead atoms. The van der Waals surface area contributed by atoms with Crippen molar-refractivity contribution < 1.29 is 18.3 Å². The quantitative estimate of drug-likeness (QED) is 0.245. The van der Waals surface area contributed by atoms with Crippen LogP contribution >= 0.6 is 22.9 Å². The predicted octanol–water partition coefficient (Wildman–Crippen LogP) is 6.90. The fourth-order valence-corrected chi connectivity index (χ4v) is 6.39. The van der Waals surface area contributed by atoms with E-state index in [2.05, 4.69) is 22.2 Å². The second-order valence-corrected chi connectivity index (χ2v) is 11.3. The lowest BCUT2D eigenvalue weighted by Crippen LogP contribution is -2.38. The van der Waals surface area contributed by atoms with Crippen molar-refractivity contribution in [1.29, 1.82) is 0 Å². The number of benzene rings is 2. The van der Waals surface area contributed by atoms with Gasteiger partial charge in [-0.3, -0.25) is 4.99 Å². The van der Waals surface area contributed by atoms with Crippen molar-refractivity contribution in [3.05, 3.63) is 111 Å². The molecule has 0 saturated carbocycles. The number of fused-ring (bicyclic) bond motifs is 1. The molecule has 6 rings (SSSR count). The van der Waals surface area contributed by atoms with Crippen LogP contribution in [0.25, 0.3) is 5.57 Å². The van der Waals surface area contributed by atoms with E-state index < -0.39 is 24.0 Å². The largest absolute Gasteiger partial charge is 0.388 e. The van der Waals surface area contributed by atoms with Crippen LogP contribution in [0.3, 0.4) is 0 Å².